The van der Waals surface area contributed by atoms with Crippen molar-refractivity contribution in [1.82, 2.24) is 14.9 Å². The van der Waals surface area contributed by atoms with Crippen molar-refractivity contribution in [2.45, 2.75) is 19.8 Å². The molecule has 1 amide bonds. The number of carbonyl (C=O) groups is 1. The van der Waals surface area contributed by atoms with Gasteiger partial charge in [-0.3, -0.25) is 4.79 Å². The number of methoxy groups -OCH3 is 2. The molecule has 0 saturated carbocycles. The van der Waals surface area contributed by atoms with Gasteiger partial charge >= 0.3 is 0 Å². The lowest BCUT2D eigenvalue weighted by atomic mass is 10.0. The van der Waals surface area contributed by atoms with Gasteiger partial charge in [0.1, 0.15) is 17.3 Å². The summed E-state index contributed by atoms with van der Waals surface area (Å²) in [6.07, 6.45) is 1.43. The molecule has 0 bridgehead atoms. The fourth-order valence-corrected chi connectivity index (χ4v) is 3.83. The maximum Gasteiger partial charge on any atom is 0.253 e. The summed E-state index contributed by atoms with van der Waals surface area (Å²) in [4.78, 5) is 24.4. The summed E-state index contributed by atoms with van der Waals surface area (Å²) in [5, 5.41) is 0. The average Bonchev–Trinajstić information content (AvgIpc) is 3.01. The Morgan fingerprint density at radius 1 is 0.867 bits per heavy atom. The summed E-state index contributed by atoms with van der Waals surface area (Å²) in [5.41, 5.74) is 4.79. The van der Waals surface area contributed by atoms with Crippen LogP contribution in [0.1, 0.15) is 27.4 Å². The van der Waals surface area contributed by atoms with Crippen LogP contribution in [0.25, 0.3) is 11.3 Å². The molecule has 0 N–H and O–H groups in total. The van der Waals surface area contributed by atoms with E-state index in [1.54, 1.807) is 14.2 Å². The first-order chi connectivity index (χ1) is 14.6. The number of fused-ring (bicyclic) bond motifs is 1. The molecule has 2 aromatic carbocycles. The van der Waals surface area contributed by atoms with Crippen LogP contribution in [-0.2, 0) is 12.8 Å². The summed E-state index contributed by atoms with van der Waals surface area (Å²) in [6, 6.07) is 15.2. The lowest BCUT2D eigenvalue weighted by molar-refractivity contribution is 0.0763. The molecule has 154 valence electrons. The second-order valence-electron chi connectivity index (χ2n) is 7.29. The van der Waals surface area contributed by atoms with Crippen LogP contribution in [0.15, 0.2) is 48.5 Å². The topological polar surface area (TPSA) is 64.5 Å². The van der Waals surface area contributed by atoms with E-state index < -0.39 is 0 Å². The van der Waals surface area contributed by atoms with Crippen molar-refractivity contribution in [1.29, 1.82) is 0 Å². The first-order valence-electron chi connectivity index (χ1n) is 10.0. The maximum absolute atomic E-state index is 13.0. The molecular weight excluding hydrogens is 378 g/mol. The van der Waals surface area contributed by atoms with E-state index in [1.165, 1.54) is 0 Å². The van der Waals surface area contributed by atoms with E-state index in [0.717, 1.165) is 46.3 Å². The van der Waals surface area contributed by atoms with Gasteiger partial charge in [-0.2, -0.15) is 0 Å². The monoisotopic (exact) mass is 403 g/mol. The molecule has 0 saturated heterocycles. The zero-order chi connectivity index (χ0) is 21.1. The number of aryl methyl sites for hydroxylation is 1. The SMILES string of the molecule is COc1ccc(C(=O)N2CCc3nc(C)nc(-c4ccc(OC)cc4)c3CC2)cc1. The van der Waals surface area contributed by atoms with Crippen LogP contribution in [0.3, 0.4) is 0 Å². The summed E-state index contributed by atoms with van der Waals surface area (Å²) in [6.45, 7) is 3.18. The van der Waals surface area contributed by atoms with Crippen LogP contribution in [0, 0.1) is 6.92 Å². The fraction of sp³-hybridized carbons (Fsp3) is 0.292. The van der Waals surface area contributed by atoms with Gasteiger partial charge in [0.05, 0.1) is 19.9 Å². The molecule has 0 unspecified atom stereocenters. The number of rotatable bonds is 4. The number of hydrogen-bond donors (Lipinski definition) is 0. The van der Waals surface area contributed by atoms with Gasteiger partial charge in [-0.25, -0.2) is 9.97 Å². The average molecular weight is 403 g/mol. The summed E-state index contributed by atoms with van der Waals surface area (Å²) in [5.74, 6) is 2.33. The van der Waals surface area contributed by atoms with Crippen molar-refractivity contribution >= 4 is 5.91 Å². The van der Waals surface area contributed by atoms with Crippen molar-refractivity contribution in [2.75, 3.05) is 27.3 Å². The minimum atomic E-state index is 0.0288. The third kappa shape index (κ3) is 3.99. The van der Waals surface area contributed by atoms with Gasteiger partial charge in [0.2, 0.25) is 0 Å². The van der Waals surface area contributed by atoms with Gasteiger partial charge in [0, 0.05) is 41.9 Å². The predicted molar refractivity (Wildman–Crippen MR) is 115 cm³/mol. The summed E-state index contributed by atoms with van der Waals surface area (Å²) in [7, 11) is 3.27. The van der Waals surface area contributed by atoms with E-state index in [4.69, 9.17) is 19.4 Å². The molecule has 0 aliphatic carbocycles. The van der Waals surface area contributed by atoms with Crippen molar-refractivity contribution in [3.63, 3.8) is 0 Å². The molecular formula is C24H25N3O3. The first kappa shape index (κ1) is 19.9. The standard InChI is InChI=1S/C24H25N3O3/c1-16-25-22-13-15-27(24(28)18-6-10-20(30-3)11-7-18)14-12-21(22)23(26-16)17-4-8-19(29-2)9-5-17/h4-11H,12-15H2,1-3H3. The molecule has 3 aromatic rings. The Balaban J connectivity index is 1.60. The summed E-state index contributed by atoms with van der Waals surface area (Å²) >= 11 is 0. The van der Waals surface area contributed by atoms with Gasteiger partial charge < -0.3 is 14.4 Å². The summed E-state index contributed by atoms with van der Waals surface area (Å²) < 4.78 is 10.5. The Morgan fingerprint density at radius 2 is 1.47 bits per heavy atom. The number of nitrogens with zero attached hydrogens (tertiary/aromatic N) is 3. The number of aromatic nitrogens is 2. The molecule has 4 rings (SSSR count). The van der Waals surface area contributed by atoms with E-state index >= 15 is 0 Å². The van der Waals surface area contributed by atoms with Crippen LogP contribution in [0.2, 0.25) is 0 Å². The maximum atomic E-state index is 13.0. The number of benzene rings is 2. The third-order valence-corrected chi connectivity index (χ3v) is 5.44. The molecule has 6 nitrogen and oxygen atoms in total. The van der Waals surface area contributed by atoms with E-state index in [0.29, 0.717) is 25.1 Å². The Morgan fingerprint density at radius 3 is 2.10 bits per heavy atom. The molecule has 0 atom stereocenters. The van der Waals surface area contributed by atoms with Gasteiger partial charge in [0.15, 0.2) is 0 Å². The predicted octanol–water partition coefficient (Wildman–Crippen LogP) is 3.71. The second-order valence-corrected chi connectivity index (χ2v) is 7.29. The number of ether oxygens (including phenoxy) is 2. The van der Waals surface area contributed by atoms with Crippen molar-refractivity contribution < 1.29 is 14.3 Å². The first-order valence-corrected chi connectivity index (χ1v) is 10.0. The lowest BCUT2D eigenvalue weighted by Gasteiger charge is -2.20. The van der Waals surface area contributed by atoms with Gasteiger partial charge in [-0.1, -0.05) is 0 Å². The highest BCUT2D eigenvalue weighted by atomic mass is 16.5. The lowest BCUT2D eigenvalue weighted by Crippen LogP contribution is -2.33. The molecule has 0 spiro atoms. The number of carbonyl (C=O) groups excluding carboxylic acids is 1. The minimum absolute atomic E-state index is 0.0288. The van der Waals surface area contributed by atoms with Crippen LogP contribution < -0.4 is 9.47 Å². The molecule has 0 fully saturated rings. The molecule has 0 radical (unpaired) electrons. The number of amides is 1. The fourth-order valence-electron chi connectivity index (χ4n) is 3.83. The van der Waals surface area contributed by atoms with E-state index in [1.807, 2.05) is 60.4 Å². The molecule has 1 aliphatic heterocycles. The van der Waals surface area contributed by atoms with E-state index in [2.05, 4.69) is 0 Å². The quantitative estimate of drug-likeness (QED) is 0.664. The highest BCUT2D eigenvalue weighted by Gasteiger charge is 2.23. The molecule has 30 heavy (non-hydrogen) atoms. The largest absolute Gasteiger partial charge is 0.497 e. The van der Waals surface area contributed by atoms with Crippen LogP contribution in [0.4, 0.5) is 0 Å². The van der Waals surface area contributed by atoms with Crippen molar-refractivity contribution in [3.05, 3.63) is 71.2 Å². The Labute approximate surface area is 176 Å². The van der Waals surface area contributed by atoms with E-state index in [-0.39, 0.29) is 5.91 Å². The molecule has 1 aliphatic rings. The van der Waals surface area contributed by atoms with Gasteiger partial charge in [0.25, 0.3) is 5.91 Å². The van der Waals surface area contributed by atoms with Crippen LogP contribution in [0.5, 0.6) is 11.5 Å². The molecule has 1 aromatic heterocycles. The highest BCUT2D eigenvalue weighted by Crippen LogP contribution is 2.28. The zero-order valence-corrected chi connectivity index (χ0v) is 17.5. The van der Waals surface area contributed by atoms with Crippen LogP contribution >= 0.6 is 0 Å². The normalized spacial score (nSPS) is 13.4. The van der Waals surface area contributed by atoms with Crippen molar-refractivity contribution in [2.24, 2.45) is 0 Å². The number of hydrogen-bond acceptors (Lipinski definition) is 5. The molecule has 6 heteroatoms. The highest BCUT2D eigenvalue weighted by molar-refractivity contribution is 5.94. The van der Waals surface area contributed by atoms with E-state index in [9.17, 15) is 4.79 Å². The van der Waals surface area contributed by atoms with Gasteiger partial charge in [-0.05, 0) is 61.9 Å². The Kier molecular flexibility index (Phi) is 5.65. The minimum Gasteiger partial charge on any atom is -0.497 e. The third-order valence-electron chi connectivity index (χ3n) is 5.44. The van der Waals surface area contributed by atoms with Crippen LogP contribution in [-0.4, -0.2) is 48.1 Å². The zero-order valence-electron chi connectivity index (χ0n) is 17.5. The second kappa shape index (κ2) is 8.53. The molecule has 2 heterocycles. The van der Waals surface area contributed by atoms with Gasteiger partial charge in [-0.15, -0.1) is 0 Å². The van der Waals surface area contributed by atoms with Crippen molar-refractivity contribution in [3.8, 4) is 22.8 Å². The Bertz CT molecular complexity index is 1050. The Hall–Kier alpha value is -3.41. The smallest absolute Gasteiger partial charge is 0.253 e.